The van der Waals surface area contributed by atoms with Crippen molar-refractivity contribution in [1.29, 1.82) is 0 Å². The molecule has 2 aromatic rings. The highest BCUT2D eigenvalue weighted by molar-refractivity contribution is 8.01. The minimum absolute atomic E-state index is 0.252. The number of benzene rings is 1. The van der Waals surface area contributed by atoms with Crippen LogP contribution in [-0.2, 0) is 9.59 Å². The summed E-state index contributed by atoms with van der Waals surface area (Å²) in [5, 5.41) is 12.4. The Balaban J connectivity index is 1.59. The summed E-state index contributed by atoms with van der Waals surface area (Å²) in [6, 6.07) is 4.12. The van der Waals surface area contributed by atoms with E-state index in [0.29, 0.717) is 10.4 Å². The first-order chi connectivity index (χ1) is 13.1. The van der Waals surface area contributed by atoms with Crippen LogP contribution in [0.2, 0.25) is 5.02 Å². The number of carboxylic acids is 1. The molecule has 10 heteroatoms. The van der Waals surface area contributed by atoms with E-state index in [2.05, 4.69) is 5.32 Å². The first-order valence-electron chi connectivity index (χ1n) is 8.37. The second-order valence-electron chi connectivity index (χ2n) is 7.18. The zero-order valence-corrected chi connectivity index (χ0v) is 16.3. The highest BCUT2D eigenvalue weighted by Crippen LogP contribution is 2.50. The van der Waals surface area contributed by atoms with E-state index in [-0.39, 0.29) is 11.1 Å². The van der Waals surface area contributed by atoms with Crippen LogP contribution in [0.15, 0.2) is 33.5 Å². The van der Waals surface area contributed by atoms with Gasteiger partial charge in [-0.2, -0.15) is 0 Å². The maximum atomic E-state index is 12.6. The van der Waals surface area contributed by atoms with Gasteiger partial charge in [-0.05, 0) is 38.1 Å². The Bertz CT molecular complexity index is 1100. The molecule has 4 rings (SSSR count). The normalized spacial score (nSPS) is 25.3. The molecule has 2 amide bonds. The van der Waals surface area contributed by atoms with Crippen LogP contribution in [0.25, 0.3) is 11.0 Å². The fourth-order valence-corrected chi connectivity index (χ4v) is 5.42. The molecule has 2 fully saturated rings. The average Bonchev–Trinajstić information content (AvgIpc) is 2.87. The van der Waals surface area contributed by atoms with Gasteiger partial charge in [0.15, 0.2) is 0 Å². The van der Waals surface area contributed by atoms with Crippen LogP contribution in [0.3, 0.4) is 0 Å². The number of nitrogens with zero attached hydrogens (tertiary/aromatic N) is 1. The van der Waals surface area contributed by atoms with Crippen LogP contribution < -0.4 is 10.9 Å². The summed E-state index contributed by atoms with van der Waals surface area (Å²) in [6.07, 6.45) is 0. The second-order valence-corrected chi connectivity index (χ2v) is 9.39. The van der Waals surface area contributed by atoms with E-state index < -0.39 is 45.6 Å². The number of aliphatic carboxylic acids is 1. The summed E-state index contributed by atoms with van der Waals surface area (Å²) in [6.45, 7) is 3.48. The van der Waals surface area contributed by atoms with E-state index in [4.69, 9.17) is 16.0 Å². The predicted molar refractivity (Wildman–Crippen MR) is 102 cm³/mol. The molecule has 2 saturated heterocycles. The van der Waals surface area contributed by atoms with E-state index in [1.807, 2.05) is 0 Å². The number of thioether (sulfide) groups is 1. The summed E-state index contributed by atoms with van der Waals surface area (Å²) in [7, 11) is 0. The van der Waals surface area contributed by atoms with Crippen molar-refractivity contribution in [2.45, 2.75) is 36.1 Å². The summed E-state index contributed by atoms with van der Waals surface area (Å²) < 4.78 is 4.44. The summed E-state index contributed by atoms with van der Waals surface area (Å²) in [4.78, 5) is 50.0. The highest BCUT2D eigenvalue weighted by atomic mass is 35.5. The number of fused-ring (bicyclic) bond motifs is 2. The van der Waals surface area contributed by atoms with Gasteiger partial charge in [-0.15, -0.1) is 11.8 Å². The number of amides is 2. The van der Waals surface area contributed by atoms with E-state index in [1.54, 1.807) is 26.0 Å². The fraction of sp³-hybridized carbons (Fsp3) is 0.333. The van der Waals surface area contributed by atoms with E-state index >= 15 is 0 Å². The Morgan fingerprint density at radius 2 is 2.00 bits per heavy atom. The SMILES string of the molecule is CC1(C)SC2C(NC(=O)c3cc4cc(Cl)ccc4oc3=O)C(=O)N2C1C(=O)O. The molecular formula is C18H15ClN2O6S. The molecule has 0 aliphatic carbocycles. The molecule has 2 N–H and O–H groups in total. The van der Waals surface area contributed by atoms with E-state index in [9.17, 15) is 24.3 Å². The van der Waals surface area contributed by atoms with Crippen molar-refractivity contribution >= 4 is 52.1 Å². The van der Waals surface area contributed by atoms with Crippen LogP contribution in [0.1, 0.15) is 24.2 Å². The largest absolute Gasteiger partial charge is 0.480 e. The van der Waals surface area contributed by atoms with Gasteiger partial charge in [-0.3, -0.25) is 9.59 Å². The quantitative estimate of drug-likeness (QED) is 0.571. The van der Waals surface area contributed by atoms with Gasteiger partial charge in [0.1, 0.15) is 28.6 Å². The lowest BCUT2D eigenvalue weighted by atomic mass is 9.96. The maximum Gasteiger partial charge on any atom is 0.349 e. The average molecular weight is 423 g/mol. The minimum atomic E-state index is -1.09. The smallest absolute Gasteiger partial charge is 0.349 e. The van der Waals surface area contributed by atoms with Crippen molar-refractivity contribution in [2.24, 2.45) is 0 Å². The molecule has 1 aromatic carbocycles. The Morgan fingerprint density at radius 1 is 1.29 bits per heavy atom. The van der Waals surface area contributed by atoms with Gasteiger partial charge >= 0.3 is 11.6 Å². The van der Waals surface area contributed by atoms with Crippen LogP contribution in [0.5, 0.6) is 0 Å². The van der Waals surface area contributed by atoms with Crippen LogP contribution in [0.4, 0.5) is 0 Å². The molecule has 2 aliphatic rings. The molecule has 0 spiro atoms. The molecule has 0 radical (unpaired) electrons. The van der Waals surface area contributed by atoms with Crippen molar-refractivity contribution in [3.05, 3.63) is 45.3 Å². The lowest BCUT2D eigenvalue weighted by Crippen LogP contribution is -2.70. The van der Waals surface area contributed by atoms with E-state index in [1.165, 1.54) is 28.8 Å². The molecule has 28 heavy (non-hydrogen) atoms. The number of nitrogens with one attached hydrogen (secondary N) is 1. The number of carbonyl (C=O) groups excluding carboxylic acids is 2. The van der Waals surface area contributed by atoms with Crippen LogP contribution in [-0.4, -0.2) is 50.0 Å². The Kier molecular flexibility index (Phi) is 4.20. The van der Waals surface area contributed by atoms with Gasteiger partial charge in [0.2, 0.25) is 5.91 Å². The number of carboxylic acid groups (broad SMARTS) is 1. The zero-order valence-electron chi connectivity index (χ0n) is 14.8. The lowest BCUT2D eigenvalue weighted by molar-refractivity contribution is -0.159. The third kappa shape index (κ3) is 2.77. The molecule has 2 aliphatic heterocycles. The summed E-state index contributed by atoms with van der Waals surface area (Å²) in [5.74, 6) is -2.34. The van der Waals surface area contributed by atoms with Crippen LogP contribution in [0, 0.1) is 0 Å². The van der Waals surface area contributed by atoms with Crippen LogP contribution >= 0.6 is 23.4 Å². The zero-order chi connectivity index (χ0) is 20.4. The van der Waals surface area contributed by atoms with Crippen molar-refractivity contribution in [2.75, 3.05) is 0 Å². The predicted octanol–water partition coefficient (Wildman–Crippen LogP) is 1.69. The summed E-state index contributed by atoms with van der Waals surface area (Å²) in [5.41, 5.74) is -0.800. The van der Waals surface area contributed by atoms with Gasteiger partial charge in [0.25, 0.3) is 5.91 Å². The Labute approximate surface area is 167 Å². The summed E-state index contributed by atoms with van der Waals surface area (Å²) >= 11 is 7.23. The van der Waals surface area contributed by atoms with Gasteiger partial charge in [-0.25, -0.2) is 9.59 Å². The standard InChI is InChI=1S/C18H15ClN2O6S/c1-18(2)12(16(24)25)21-14(23)11(15(21)28-18)20-13(22)9-6-7-5-8(19)3-4-10(7)27-17(9)26/h3-6,11-12,15H,1-2H3,(H,20,22)(H,24,25). The molecular weight excluding hydrogens is 408 g/mol. The first kappa shape index (κ1) is 18.8. The highest BCUT2D eigenvalue weighted by Gasteiger charge is 2.64. The second kappa shape index (κ2) is 6.25. The molecule has 3 unspecified atom stereocenters. The van der Waals surface area contributed by atoms with Gasteiger partial charge in [0.05, 0.1) is 0 Å². The molecule has 0 saturated carbocycles. The van der Waals surface area contributed by atoms with E-state index in [0.717, 1.165) is 0 Å². The van der Waals surface area contributed by atoms with Crippen molar-refractivity contribution in [1.82, 2.24) is 10.2 Å². The number of rotatable bonds is 3. The van der Waals surface area contributed by atoms with Gasteiger partial charge in [0, 0.05) is 15.2 Å². The fourth-order valence-electron chi connectivity index (χ4n) is 3.62. The lowest BCUT2D eigenvalue weighted by Gasteiger charge is -2.43. The third-order valence-corrected chi connectivity index (χ3v) is 6.71. The molecule has 3 heterocycles. The number of β-lactam (4-membered cyclic amide) rings is 1. The minimum Gasteiger partial charge on any atom is -0.480 e. The van der Waals surface area contributed by atoms with Crippen molar-refractivity contribution in [3.63, 3.8) is 0 Å². The van der Waals surface area contributed by atoms with Gasteiger partial charge < -0.3 is 19.7 Å². The van der Waals surface area contributed by atoms with Crippen molar-refractivity contribution in [3.8, 4) is 0 Å². The molecule has 1 aromatic heterocycles. The molecule has 3 atom stereocenters. The molecule has 8 nitrogen and oxygen atoms in total. The Morgan fingerprint density at radius 3 is 2.68 bits per heavy atom. The van der Waals surface area contributed by atoms with Gasteiger partial charge in [-0.1, -0.05) is 11.6 Å². The number of carbonyl (C=O) groups is 3. The van der Waals surface area contributed by atoms with Crippen molar-refractivity contribution < 1.29 is 23.9 Å². The number of hydrogen-bond donors (Lipinski definition) is 2. The number of halogens is 1. The maximum absolute atomic E-state index is 12.6. The molecule has 0 bridgehead atoms. The topological polar surface area (TPSA) is 117 Å². The third-order valence-electron chi connectivity index (χ3n) is 4.90. The molecule has 146 valence electrons. The monoisotopic (exact) mass is 422 g/mol. The number of hydrogen-bond acceptors (Lipinski definition) is 6. The first-order valence-corrected chi connectivity index (χ1v) is 9.63. The Hall–Kier alpha value is -2.52.